The molecule has 0 bridgehead atoms. The Morgan fingerprint density at radius 2 is 1.59 bits per heavy atom. The van der Waals surface area contributed by atoms with Crippen molar-refractivity contribution >= 4 is 17.8 Å². The average Bonchev–Trinajstić information content (AvgIpc) is 2.58. The Balaban J connectivity index is 0.000000390. The van der Waals surface area contributed by atoms with Gasteiger partial charge in [0.15, 0.2) is 0 Å². The number of ether oxygens (including phenoxy) is 1. The number of carbonyl (C=O) groups is 3. The zero-order valence-corrected chi connectivity index (χ0v) is 16.4. The third-order valence-corrected chi connectivity index (χ3v) is 4.63. The summed E-state index contributed by atoms with van der Waals surface area (Å²) in [6.45, 7) is 9.38. The first kappa shape index (κ1) is 23.3. The van der Waals surface area contributed by atoms with E-state index < -0.39 is 11.9 Å². The largest absolute Gasteiger partial charge is 0.481 e. The molecule has 0 aromatic heterocycles. The zero-order valence-electron chi connectivity index (χ0n) is 16.4. The van der Waals surface area contributed by atoms with Crippen molar-refractivity contribution in [1.29, 1.82) is 0 Å². The highest BCUT2D eigenvalue weighted by atomic mass is 16.5. The van der Waals surface area contributed by atoms with E-state index in [1.165, 1.54) is 25.8 Å². The molecule has 2 aliphatic heterocycles. The van der Waals surface area contributed by atoms with Gasteiger partial charge in [-0.05, 0) is 18.8 Å². The number of aliphatic carboxylic acids is 2. The maximum absolute atomic E-state index is 12.3. The van der Waals surface area contributed by atoms with Crippen LogP contribution in [0, 0.1) is 5.92 Å². The fraction of sp³-hybridized carbons (Fsp3) is 0.833. The van der Waals surface area contributed by atoms with Crippen molar-refractivity contribution in [2.24, 2.45) is 5.92 Å². The van der Waals surface area contributed by atoms with Gasteiger partial charge in [0, 0.05) is 59.7 Å². The predicted molar refractivity (Wildman–Crippen MR) is 99.6 cm³/mol. The van der Waals surface area contributed by atoms with E-state index in [9.17, 15) is 4.79 Å². The van der Waals surface area contributed by atoms with Crippen LogP contribution in [0.25, 0.3) is 0 Å². The summed E-state index contributed by atoms with van der Waals surface area (Å²) in [4.78, 5) is 34.8. The molecule has 1 unspecified atom stereocenters. The lowest BCUT2D eigenvalue weighted by Gasteiger charge is -2.39. The molecule has 0 aromatic carbocycles. The van der Waals surface area contributed by atoms with Crippen molar-refractivity contribution in [2.45, 2.75) is 39.2 Å². The fourth-order valence-corrected chi connectivity index (χ4v) is 3.12. The Morgan fingerprint density at radius 1 is 1.04 bits per heavy atom. The highest BCUT2D eigenvalue weighted by molar-refractivity contribution is 5.81. The van der Waals surface area contributed by atoms with Gasteiger partial charge in [0.25, 0.3) is 17.8 Å². The van der Waals surface area contributed by atoms with Crippen molar-refractivity contribution in [3.63, 3.8) is 0 Å². The van der Waals surface area contributed by atoms with E-state index in [0.29, 0.717) is 13.2 Å². The summed E-state index contributed by atoms with van der Waals surface area (Å²) in [6.07, 6.45) is 3.96. The predicted octanol–water partition coefficient (Wildman–Crippen LogP) is 0.101. The number of hydrogen-bond donors (Lipinski definition) is 3. The Bertz CT molecular complexity index is 450. The molecule has 9 nitrogen and oxygen atoms in total. The maximum Gasteiger partial charge on any atom is 0.300 e. The van der Waals surface area contributed by atoms with Crippen LogP contribution in [0.2, 0.25) is 0 Å². The molecular formula is C18H33N3O6. The van der Waals surface area contributed by atoms with Crippen molar-refractivity contribution in [2.75, 3.05) is 52.4 Å². The third-order valence-electron chi connectivity index (χ3n) is 4.63. The van der Waals surface area contributed by atoms with Gasteiger partial charge in [-0.1, -0.05) is 6.42 Å². The van der Waals surface area contributed by atoms with Gasteiger partial charge in [-0.25, -0.2) is 0 Å². The smallest absolute Gasteiger partial charge is 0.300 e. The van der Waals surface area contributed by atoms with Crippen LogP contribution in [-0.4, -0.2) is 96.4 Å². The molecule has 3 rings (SSSR count). The van der Waals surface area contributed by atoms with Crippen molar-refractivity contribution < 1.29 is 29.3 Å². The molecule has 27 heavy (non-hydrogen) atoms. The minimum absolute atomic E-state index is 0.176. The van der Waals surface area contributed by atoms with Crippen LogP contribution >= 0.6 is 0 Å². The van der Waals surface area contributed by atoms with E-state index in [0.717, 1.165) is 52.5 Å². The van der Waals surface area contributed by atoms with Gasteiger partial charge < -0.3 is 25.2 Å². The van der Waals surface area contributed by atoms with Gasteiger partial charge in [-0.15, -0.1) is 0 Å². The van der Waals surface area contributed by atoms with E-state index in [-0.39, 0.29) is 12.0 Å². The summed E-state index contributed by atoms with van der Waals surface area (Å²) < 4.78 is 5.54. The molecule has 1 aliphatic carbocycles. The summed E-state index contributed by atoms with van der Waals surface area (Å²) in [7, 11) is 0. The number of nitrogens with one attached hydrogen (secondary N) is 1. The fourth-order valence-electron chi connectivity index (χ4n) is 3.12. The first-order valence-corrected chi connectivity index (χ1v) is 9.52. The molecule has 9 heteroatoms. The highest BCUT2D eigenvalue weighted by Crippen LogP contribution is 2.27. The normalized spacial score (nSPS) is 23.0. The monoisotopic (exact) mass is 387 g/mol. The highest BCUT2D eigenvalue weighted by Gasteiger charge is 2.30. The number of amides is 1. The summed E-state index contributed by atoms with van der Waals surface area (Å²) in [6, 6.07) is 0. The van der Waals surface area contributed by atoms with Crippen LogP contribution in [0.4, 0.5) is 0 Å². The zero-order chi connectivity index (χ0) is 20.2. The van der Waals surface area contributed by atoms with Crippen LogP contribution < -0.4 is 5.32 Å². The number of carboxylic acids is 2. The molecule has 3 aliphatic rings. The minimum atomic E-state index is -0.833. The van der Waals surface area contributed by atoms with Crippen molar-refractivity contribution in [3.05, 3.63) is 0 Å². The number of morpholine rings is 1. The summed E-state index contributed by atoms with van der Waals surface area (Å²) >= 11 is 0. The second-order valence-electron chi connectivity index (χ2n) is 7.02. The quantitative estimate of drug-likeness (QED) is 0.624. The summed E-state index contributed by atoms with van der Waals surface area (Å²) in [5.41, 5.74) is 0. The van der Waals surface area contributed by atoms with E-state index in [2.05, 4.69) is 10.2 Å². The number of nitrogens with zero attached hydrogens (tertiary/aromatic N) is 2. The van der Waals surface area contributed by atoms with Crippen LogP contribution in [-0.2, 0) is 19.1 Å². The standard InChI is InChI=1S/C14H25N3O2.2C2H4O2/c18-14(13-10-15-4-9-19-13)17-7-5-16(6-8-17)11-12-2-1-3-12;2*1-2(3)4/h12-13,15H,1-11H2;2*1H3,(H,3,4). The van der Waals surface area contributed by atoms with Crippen molar-refractivity contribution in [1.82, 2.24) is 15.1 Å². The van der Waals surface area contributed by atoms with Crippen LogP contribution in [0.5, 0.6) is 0 Å². The third kappa shape index (κ3) is 10.3. The molecule has 1 amide bonds. The van der Waals surface area contributed by atoms with Crippen LogP contribution in [0.15, 0.2) is 0 Å². The molecule has 2 heterocycles. The molecule has 156 valence electrons. The molecule has 1 saturated carbocycles. The van der Waals surface area contributed by atoms with E-state index in [1.807, 2.05) is 4.90 Å². The average molecular weight is 387 g/mol. The van der Waals surface area contributed by atoms with Gasteiger partial charge in [0.2, 0.25) is 0 Å². The van der Waals surface area contributed by atoms with Gasteiger partial charge in [-0.2, -0.15) is 0 Å². The molecule has 3 N–H and O–H groups in total. The summed E-state index contributed by atoms with van der Waals surface area (Å²) in [5, 5.41) is 18.1. The van der Waals surface area contributed by atoms with E-state index >= 15 is 0 Å². The molecular weight excluding hydrogens is 354 g/mol. The van der Waals surface area contributed by atoms with E-state index in [4.69, 9.17) is 24.5 Å². The van der Waals surface area contributed by atoms with Crippen molar-refractivity contribution in [3.8, 4) is 0 Å². The Kier molecular flexibility index (Phi) is 10.9. The lowest BCUT2D eigenvalue weighted by atomic mass is 9.85. The SMILES string of the molecule is CC(=O)O.CC(=O)O.O=C(C1CNCCO1)N1CCN(CC2CCC2)CC1. The molecule has 2 saturated heterocycles. The topological polar surface area (TPSA) is 119 Å². The second kappa shape index (κ2) is 12.6. The van der Waals surface area contributed by atoms with Gasteiger partial charge in [0.1, 0.15) is 6.10 Å². The first-order chi connectivity index (χ1) is 12.8. The molecule has 0 aromatic rings. The Morgan fingerprint density at radius 3 is 2.00 bits per heavy atom. The Labute approximate surface area is 160 Å². The van der Waals surface area contributed by atoms with Crippen LogP contribution in [0.3, 0.4) is 0 Å². The lowest BCUT2D eigenvalue weighted by molar-refractivity contribution is -0.147. The lowest BCUT2D eigenvalue weighted by Crippen LogP contribution is -2.55. The summed E-state index contributed by atoms with van der Waals surface area (Å²) in [5.74, 6) is -0.566. The number of carbonyl (C=O) groups excluding carboxylic acids is 1. The maximum atomic E-state index is 12.3. The van der Waals surface area contributed by atoms with E-state index in [1.54, 1.807) is 0 Å². The molecule has 0 spiro atoms. The molecule has 1 atom stereocenters. The van der Waals surface area contributed by atoms with Crippen LogP contribution in [0.1, 0.15) is 33.1 Å². The minimum Gasteiger partial charge on any atom is -0.481 e. The number of rotatable bonds is 3. The number of piperazine rings is 1. The van der Waals surface area contributed by atoms with Gasteiger partial charge >= 0.3 is 0 Å². The number of hydrogen-bond acceptors (Lipinski definition) is 6. The molecule has 0 radical (unpaired) electrons. The number of carboxylic acid groups (broad SMARTS) is 2. The molecule has 3 fully saturated rings. The van der Waals surface area contributed by atoms with Gasteiger partial charge in [0.05, 0.1) is 6.61 Å². The van der Waals surface area contributed by atoms with Gasteiger partial charge in [-0.3, -0.25) is 19.3 Å². The first-order valence-electron chi connectivity index (χ1n) is 9.52. The Hall–Kier alpha value is -1.71. The second-order valence-corrected chi connectivity index (χ2v) is 7.02.